The number of nitro groups is 1. The Hall–Kier alpha value is -1.78. The van der Waals surface area contributed by atoms with Crippen LogP contribution in [-0.2, 0) is 0 Å². The number of nitro benzene ring substituents is 1. The highest BCUT2D eigenvalue weighted by Crippen LogP contribution is 2.17. The molecule has 5 heteroatoms. The van der Waals surface area contributed by atoms with Crippen LogP contribution >= 0.6 is 0 Å². The fourth-order valence-electron chi connectivity index (χ4n) is 0.899. The Morgan fingerprint density at radius 2 is 2.31 bits per heavy atom. The van der Waals surface area contributed by atoms with Crippen LogP contribution in [0.1, 0.15) is 5.56 Å². The molecule has 68 valence electrons. The van der Waals surface area contributed by atoms with Crippen LogP contribution in [0.4, 0.5) is 10.1 Å². The molecule has 0 unspecified atom stereocenters. The molecule has 0 saturated carbocycles. The van der Waals surface area contributed by atoms with E-state index in [2.05, 4.69) is 4.99 Å². The summed E-state index contributed by atoms with van der Waals surface area (Å²) in [4.78, 5) is 13.2. The lowest BCUT2D eigenvalue weighted by atomic mass is 10.2. The largest absolute Gasteiger partial charge is 0.305 e. The molecule has 0 saturated heterocycles. The molecule has 0 atom stereocenters. The van der Waals surface area contributed by atoms with Gasteiger partial charge < -0.3 is 0 Å². The summed E-state index contributed by atoms with van der Waals surface area (Å²) in [7, 11) is 1.54. The van der Waals surface area contributed by atoms with Crippen LogP contribution < -0.4 is 0 Å². The SMILES string of the molecule is CN=Cc1ccc(F)c([N+](=O)[O-])c1. The number of hydrogen-bond donors (Lipinski definition) is 0. The molecule has 0 amide bonds. The minimum atomic E-state index is -0.835. The third-order valence-electron chi connectivity index (χ3n) is 1.45. The van der Waals surface area contributed by atoms with E-state index in [1.165, 1.54) is 19.3 Å². The Labute approximate surface area is 73.9 Å². The minimum absolute atomic E-state index is 0.510. The molecule has 1 aromatic carbocycles. The first-order valence-electron chi connectivity index (χ1n) is 3.51. The number of nitrogens with zero attached hydrogens (tertiary/aromatic N) is 2. The van der Waals surface area contributed by atoms with Gasteiger partial charge in [0.05, 0.1) is 4.92 Å². The molecule has 0 heterocycles. The van der Waals surface area contributed by atoms with Gasteiger partial charge in [0.25, 0.3) is 0 Å². The van der Waals surface area contributed by atoms with E-state index in [0.717, 1.165) is 12.1 Å². The number of halogens is 1. The van der Waals surface area contributed by atoms with E-state index >= 15 is 0 Å². The third-order valence-corrected chi connectivity index (χ3v) is 1.45. The summed E-state index contributed by atoms with van der Waals surface area (Å²) in [6.45, 7) is 0. The van der Waals surface area contributed by atoms with Crippen molar-refractivity contribution in [2.45, 2.75) is 0 Å². The second-order valence-corrected chi connectivity index (χ2v) is 2.36. The highest BCUT2D eigenvalue weighted by Gasteiger charge is 2.13. The molecule has 0 radical (unpaired) electrons. The second kappa shape index (κ2) is 3.75. The van der Waals surface area contributed by atoms with Gasteiger partial charge >= 0.3 is 5.69 Å². The Balaban J connectivity index is 3.18. The number of aliphatic imine (C=N–C) groups is 1. The van der Waals surface area contributed by atoms with Crippen LogP contribution in [0.25, 0.3) is 0 Å². The van der Waals surface area contributed by atoms with E-state index in [1.54, 1.807) is 0 Å². The highest BCUT2D eigenvalue weighted by molar-refractivity contribution is 5.80. The zero-order valence-electron chi connectivity index (χ0n) is 6.90. The molecule has 0 aromatic heterocycles. The van der Waals surface area contributed by atoms with E-state index in [0.29, 0.717) is 5.56 Å². The molecule has 0 fully saturated rings. The van der Waals surface area contributed by atoms with Crippen LogP contribution in [0, 0.1) is 15.9 Å². The number of benzene rings is 1. The van der Waals surface area contributed by atoms with Crippen molar-refractivity contribution in [2.75, 3.05) is 7.05 Å². The van der Waals surface area contributed by atoms with Crippen LogP contribution in [-0.4, -0.2) is 18.2 Å². The molecular weight excluding hydrogens is 175 g/mol. The highest BCUT2D eigenvalue weighted by atomic mass is 19.1. The summed E-state index contributed by atoms with van der Waals surface area (Å²) < 4.78 is 12.8. The van der Waals surface area contributed by atoms with Crippen molar-refractivity contribution < 1.29 is 9.31 Å². The summed E-state index contributed by atoms with van der Waals surface area (Å²) in [5.41, 5.74) is -0.0204. The zero-order chi connectivity index (χ0) is 9.84. The molecule has 1 aromatic rings. The predicted octanol–water partition coefficient (Wildman–Crippen LogP) is 1.78. The van der Waals surface area contributed by atoms with Gasteiger partial charge in [-0.2, -0.15) is 4.39 Å². The molecule has 0 aliphatic heterocycles. The summed E-state index contributed by atoms with van der Waals surface area (Å²) in [5.74, 6) is -0.835. The second-order valence-electron chi connectivity index (χ2n) is 2.36. The van der Waals surface area contributed by atoms with Crippen molar-refractivity contribution in [3.8, 4) is 0 Å². The molecular formula is C8H7FN2O2. The maximum atomic E-state index is 12.8. The van der Waals surface area contributed by atoms with Gasteiger partial charge in [0.1, 0.15) is 0 Å². The third kappa shape index (κ3) is 2.08. The van der Waals surface area contributed by atoms with E-state index in [-0.39, 0.29) is 0 Å². The maximum absolute atomic E-state index is 12.8. The van der Waals surface area contributed by atoms with Gasteiger partial charge in [0.2, 0.25) is 5.82 Å². The monoisotopic (exact) mass is 182 g/mol. The first-order valence-corrected chi connectivity index (χ1v) is 3.51. The van der Waals surface area contributed by atoms with Crippen molar-refractivity contribution in [1.82, 2.24) is 0 Å². The van der Waals surface area contributed by atoms with Crippen molar-refractivity contribution in [1.29, 1.82) is 0 Å². The van der Waals surface area contributed by atoms with Crippen molar-refractivity contribution in [3.63, 3.8) is 0 Å². The topological polar surface area (TPSA) is 55.5 Å². The maximum Gasteiger partial charge on any atom is 0.305 e. The standard InChI is InChI=1S/C8H7FN2O2/c1-10-5-6-2-3-7(9)8(4-6)11(12)13/h2-5H,1H3. The fourth-order valence-corrected chi connectivity index (χ4v) is 0.899. The van der Waals surface area contributed by atoms with Gasteiger partial charge in [0, 0.05) is 19.3 Å². The lowest BCUT2D eigenvalue weighted by Crippen LogP contribution is -1.93. The molecule has 1 rings (SSSR count). The van der Waals surface area contributed by atoms with Crippen LogP contribution in [0.5, 0.6) is 0 Å². The van der Waals surface area contributed by atoms with E-state index in [4.69, 9.17) is 0 Å². The van der Waals surface area contributed by atoms with Gasteiger partial charge in [-0.25, -0.2) is 0 Å². The Bertz CT molecular complexity index is 363. The van der Waals surface area contributed by atoms with Crippen LogP contribution in [0.2, 0.25) is 0 Å². The zero-order valence-corrected chi connectivity index (χ0v) is 6.90. The minimum Gasteiger partial charge on any atom is -0.296 e. The average Bonchev–Trinajstić information content (AvgIpc) is 2.08. The first-order chi connectivity index (χ1) is 6.15. The number of hydrogen-bond acceptors (Lipinski definition) is 3. The Kier molecular flexibility index (Phi) is 2.69. The van der Waals surface area contributed by atoms with Gasteiger partial charge in [-0.3, -0.25) is 15.1 Å². The molecule has 4 nitrogen and oxygen atoms in total. The summed E-state index contributed by atoms with van der Waals surface area (Å²) in [5, 5.41) is 10.3. The molecule has 0 N–H and O–H groups in total. The summed E-state index contributed by atoms with van der Waals surface area (Å²) >= 11 is 0. The summed E-state index contributed by atoms with van der Waals surface area (Å²) in [6, 6.07) is 3.62. The van der Waals surface area contributed by atoms with Crippen molar-refractivity contribution in [2.24, 2.45) is 4.99 Å². The van der Waals surface area contributed by atoms with E-state index in [9.17, 15) is 14.5 Å². The van der Waals surface area contributed by atoms with Gasteiger partial charge in [-0.05, 0) is 11.6 Å². The van der Waals surface area contributed by atoms with Gasteiger partial charge in [0.15, 0.2) is 0 Å². The van der Waals surface area contributed by atoms with Gasteiger partial charge in [-0.15, -0.1) is 0 Å². The lowest BCUT2D eigenvalue weighted by Gasteiger charge is -1.94. The smallest absolute Gasteiger partial charge is 0.296 e. The van der Waals surface area contributed by atoms with Gasteiger partial charge in [-0.1, -0.05) is 6.07 Å². The molecule has 0 bridgehead atoms. The van der Waals surface area contributed by atoms with Crippen LogP contribution in [0.3, 0.4) is 0 Å². The number of rotatable bonds is 2. The van der Waals surface area contributed by atoms with Crippen molar-refractivity contribution >= 4 is 11.9 Å². The first kappa shape index (κ1) is 9.31. The Morgan fingerprint density at radius 1 is 1.62 bits per heavy atom. The quantitative estimate of drug-likeness (QED) is 0.397. The summed E-state index contributed by atoms with van der Waals surface area (Å²) in [6.07, 6.45) is 1.42. The van der Waals surface area contributed by atoms with Crippen molar-refractivity contribution in [3.05, 3.63) is 39.7 Å². The molecule has 0 aliphatic rings. The predicted molar refractivity (Wildman–Crippen MR) is 46.6 cm³/mol. The molecule has 0 spiro atoms. The van der Waals surface area contributed by atoms with Crippen LogP contribution in [0.15, 0.2) is 23.2 Å². The van der Waals surface area contributed by atoms with E-state index < -0.39 is 16.4 Å². The van der Waals surface area contributed by atoms with E-state index in [1.807, 2.05) is 0 Å². The Morgan fingerprint density at radius 3 is 2.85 bits per heavy atom. The normalized spacial score (nSPS) is 10.6. The molecule has 13 heavy (non-hydrogen) atoms. The lowest BCUT2D eigenvalue weighted by molar-refractivity contribution is -0.387. The fraction of sp³-hybridized carbons (Fsp3) is 0.125. The molecule has 0 aliphatic carbocycles. The average molecular weight is 182 g/mol.